The maximum Gasteiger partial charge on any atom is 0.192 e. The molecule has 0 unspecified atom stereocenters. The van der Waals surface area contributed by atoms with Crippen molar-refractivity contribution in [2.45, 2.75) is 90.6 Å². The fourth-order valence-electron chi connectivity index (χ4n) is 6.18. The first kappa shape index (κ1) is 39.4. The molecule has 1 aromatic carbocycles. The Kier molecular flexibility index (Phi) is 12.8. The molecule has 0 amide bonds. The summed E-state index contributed by atoms with van der Waals surface area (Å²) in [6, 6.07) is 14.4. The summed E-state index contributed by atoms with van der Waals surface area (Å²) < 4.78 is 18.0. The molecule has 1 aliphatic rings. The number of ether oxygens (including phenoxy) is 2. The molecule has 0 bridgehead atoms. The third-order valence-electron chi connectivity index (χ3n) is 10.8. The number of anilines is 2. The SMILES string of the molecule is CCCC[C@](C)(CO[Si](C)(C)C(C)(C)C)Nc1cc(NCc2ccc(OC)cc2OC)nc2cc(-c3ccc(CN4CCN(C)CC4)nc3)cnc12. The van der Waals surface area contributed by atoms with Gasteiger partial charge in [-0.3, -0.25) is 14.9 Å². The van der Waals surface area contributed by atoms with Gasteiger partial charge in [-0.05, 0) is 62.8 Å². The van der Waals surface area contributed by atoms with E-state index in [0.29, 0.717) is 13.2 Å². The molecule has 10 nitrogen and oxygen atoms in total. The summed E-state index contributed by atoms with van der Waals surface area (Å²) in [5.74, 6) is 2.26. The van der Waals surface area contributed by atoms with Crippen LogP contribution in [0.2, 0.25) is 18.1 Å². The van der Waals surface area contributed by atoms with Crippen LogP contribution in [0.3, 0.4) is 0 Å². The Labute approximate surface area is 312 Å². The van der Waals surface area contributed by atoms with E-state index in [9.17, 15) is 0 Å². The first-order valence-corrected chi connectivity index (χ1v) is 21.7. The smallest absolute Gasteiger partial charge is 0.192 e. The minimum Gasteiger partial charge on any atom is -0.497 e. The molecule has 4 heterocycles. The molecule has 11 heteroatoms. The van der Waals surface area contributed by atoms with Crippen molar-refractivity contribution in [2.75, 3.05) is 64.7 Å². The summed E-state index contributed by atoms with van der Waals surface area (Å²) in [6.07, 6.45) is 7.07. The molecule has 4 aromatic rings. The van der Waals surface area contributed by atoms with Crippen molar-refractivity contribution in [3.05, 3.63) is 66.1 Å². The highest BCUT2D eigenvalue weighted by atomic mass is 28.4. The lowest BCUT2D eigenvalue weighted by atomic mass is 9.95. The number of hydrogen-bond acceptors (Lipinski definition) is 10. The Morgan fingerprint density at radius 2 is 1.63 bits per heavy atom. The second-order valence-corrected chi connectivity index (χ2v) is 20.9. The van der Waals surface area contributed by atoms with Gasteiger partial charge in [-0.15, -0.1) is 0 Å². The van der Waals surface area contributed by atoms with Gasteiger partial charge in [0, 0.05) is 80.5 Å². The number of methoxy groups -OCH3 is 2. The fourth-order valence-corrected chi connectivity index (χ4v) is 7.30. The van der Waals surface area contributed by atoms with E-state index in [1.165, 1.54) is 0 Å². The van der Waals surface area contributed by atoms with Gasteiger partial charge in [0.2, 0.25) is 0 Å². The predicted octanol–water partition coefficient (Wildman–Crippen LogP) is 8.45. The first-order chi connectivity index (χ1) is 24.7. The van der Waals surface area contributed by atoms with Gasteiger partial charge in [-0.2, -0.15) is 0 Å². The summed E-state index contributed by atoms with van der Waals surface area (Å²) in [5, 5.41) is 7.63. The van der Waals surface area contributed by atoms with Gasteiger partial charge in [0.15, 0.2) is 8.32 Å². The van der Waals surface area contributed by atoms with Gasteiger partial charge in [0.25, 0.3) is 0 Å². The van der Waals surface area contributed by atoms with E-state index >= 15 is 0 Å². The molecule has 2 N–H and O–H groups in total. The van der Waals surface area contributed by atoms with Crippen LogP contribution >= 0.6 is 0 Å². The zero-order valence-electron chi connectivity index (χ0n) is 33.2. The minimum atomic E-state index is -1.98. The van der Waals surface area contributed by atoms with E-state index in [0.717, 1.165) is 108 Å². The van der Waals surface area contributed by atoms with Gasteiger partial charge in [0.05, 0.1) is 43.3 Å². The molecule has 1 aliphatic heterocycles. The number of piperazine rings is 1. The molecule has 0 saturated carbocycles. The third kappa shape index (κ3) is 10.0. The maximum atomic E-state index is 6.85. The van der Waals surface area contributed by atoms with Crippen LogP contribution in [0.15, 0.2) is 54.9 Å². The van der Waals surface area contributed by atoms with E-state index in [2.05, 4.69) is 99.5 Å². The van der Waals surface area contributed by atoms with Crippen LogP contribution in [0, 0.1) is 0 Å². The molecule has 0 spiro atoms. The number of aromatic nitrogens is 3. The molecular weight excluding hydrogens is 667 g/mol. The van der Waals surface area contributed by atoms with Crippen molar-refractivity contribution >= 4 is 30.9 Å². The van der Waals surface area contributed by atoms with E-state index < -0.39 is 8.32 Å². The summed E-state index contributed by atoms with van der Waals surface area (Å²) in [7, 11) is 3.54. The number of nitrogens with one attached hydrogen (secondary N) is 2. The summed E-state index contributed by atoms with van der Waals surface area (Å²) >= 11 is 0. The summed E-state index contributed by atoms with van der Waals surface area (Å²) in [4.78, 5) is 19.8. The van der Waals surface area contributed by atoms with Crippen molar-refractivity contribution in [1.82, 2.24) is 24.8 Å². The lowest BCUT2D eigenvalue weighted by Gasteiger charge is -2.41. The monoisotopic (exact) mass is 727 g/mol. The molecule has 0 aliphatic carbocycles. The standard InChI is InChI=1S/C41H61N7O3Si/c1-11-12-17-41(5,29-51-52(9,10)40(2,3)4)46-36-24-38(43-26-31-14-16-34(49-7)23-37(31)50-8)45-35-22-32(27-44-39(35)36)30-13-15-33(42-25-30)28-48-20-18-47(6)19-21-48/h13-16,22-25,27H,11-12,17-21,26,28-29H2,1-10H3,(H2,43,45,46)/t41-/m1/s1. The Morgan fingerprint density at radius 3 is 2.29 bits per heavy atom. The average molecular weight is 728 g/mol. The van der Waals surface area contributed by atoms with Crippen LogP contribution in [-0.4, -0.2) is 92.7 Å². The summed E-state index contributed by atoms with van der Waals surface area (Å²) in [5.41, 5.74) is 6.34. The number of pyridine rings is 3. The summed E-state index contributed by atoms with van der Waals surface area (Å²) in [6.45, 7) is 22.4. The van der Waals surface area contributed by atoms with Gasteiger partial charge in [-0.25, -0.2) is 4.98 Å². The van der Waals surface area contributed by atoms with Crippen LogP contribution in [0.5, 0.6) is 11.5 Å². The Morgan fingerprint density at radius 1 is 0.885 bits per heavy atom. The molecule has 3 aromatic heterocycles. The van der Waals surface area contributed by atoms with Crippen LogP contribution in [0.25, 0.3) is 22.2 Å². The highest BCUT2D eigenvalue weighted by Gasteiger charge is 2.39. The minimum absolute atomic E-state index is 0.122. The second-order valence-electron chi connectivity index (χ2n) is 16.1. The van der Waals surface area contributed by atoms with Crippen molar-refractivity contribution in [3.8, 4) is 22.6 Å². The highest BCUT2D eigenvalue weighted by molar-refractivity contribution is 6.74. The van der Waals surface area contributed by atoms with E-state index in [1.54, 1.807) is 14.2 Å². The molecule has 282 valence electrons. The molecule has 1 atom stereocenters. The molecule has 0 radical (unpaired) electrons. The molecule has 5 rings (SSSR count). The van der Waals surface area contributed by atoms with Gasteiger partial charge < -0.3 is 29.4 Å². The van der Waals surface area contributed by atoms with Gasteiger partial charge in [0.1, 0.15) is 22.8 Å². The van der Waals surface area contributed by atoms with Gasteiger partial charge in [-0.1, -0.05) is 46.6 Å². The second kappa shape index (κ2) is 16.9. The van der Waals surface area contributed by atoms with Crippen LogP contribution < -0.4 is 20.1 Å². The lowest BCUT2D eigenvalue weighted by molar-refractivity contribution is 0.147. The number of benzene rings is 1. The first-order valence-electron chi connectivity index (χ1n) is 18.8. The maximum absolute atomic E-state index is 6.85. The zero-order chi connectivity index (χ0) is 37.5. The number of hydrogen-bond donors (Lipinski definition) is 2. The molecule has 52 heavy (non-hydrogen) atoms. The normalized spacial score (nSPS) is 15.7. The molecule has 1 fully saturated rings. The number of fused-ring (bicyclic) bond motifs is 1. The quantitative estimate of drug-likeness (QED) is 0.110. The Balaban J connectivity index is 1.47. The van der Waals surface area contributed by atoms with Crippen molar-refractivity contribution < 1.29 is 13.9 Å². The Bertz CT molecular complexity index is 1770. The number of rotatable bonds is 16. The zero-order valence-corrected chi connectivity index (χ0v) is 34.2. The van der Waals surface area contributed by atoms with Crippen molar-refractivity contribution in [1.29, 1.82) is 0 Å². The number of likely N-dealkylation sites (N-methyl/N-ethyl adjacent to an activating group) is 1. The van der Waals surface area contributed by atoms with Crippen LogP contribution in [0.1, 0.15) is 65.1 Å². The Hall–Kier alpha value is -3.77. The lowest BCUT2D eigenvalue weighted by Crippen LogP contribution is -2.48. The molecular formula is C41H61N7O3Si. The van der Waals surface area contributed by atoms with Crippen LogP contribution in [-0.2, 0) is 17.5 Å². The van der Waals surface area contributed by atoms with Crippen LogP contribution in [0.4, 0.5) is 11.5 Å². The average Bonchev–Trinajstić information content (AvgIpc) is 3.13. The van der Waals surface area contributed by atoms with Crippen molar-refractivity contribution in [2.24, 2.45) is 0 Å². The fraction of sp³-hybridized carbons (Fsp3) is 0.537. The number of nitrogens with zero attached hydrogens (tertiary/aromatic N) is 5. The molecule has 1 saturated heterocycles. The van der Waals surface area contributed by atoms with E-state index in [4.69, 9.17) is 28.9 Å². The van der Waals surface area contributed by atoms with Crippen molar-refractivity contribution in [3.63, 3.8) is 0 Å². The largest absolute Gasteiger partial charge is 0.497 e. The van der Waals surface area contributed by atoms with Gasteiger partial charge >= 0.3 is 0 Å². The number of unbranched alkanes of at least 4 members (excludes halogenated alkanes) is 1. The topological polar surface area (TPSA) is 96.9 Å². The predicted molar refractivity (Wildman–Crippen MR) is 217 cm³/mol. The van der Waals surface area contributed by atoms with E-state index in [1.807, 2.05) is 30.6 Å². The van der Waals surface area contributed by atoms with E-state index in [-0.39, 0.29) is 10.6 Å². The highest BCUT2D eigenvalue weighted by Crippen LogP contribution is 2.38. The third-order valence-corrected chi connectivity index (χ3v) is 15.3.